The summed E-state index contributed by atoms with van der Waals surface area (Å²) in [5.41, 5.74) is 3.77. The van der Waals surface area contributed by atoms with E-state index in [2.05, 4.69) is 50.9 Å². The average Bonchev–Trinajstić information content (AvgIpc) is 3.34. The lowest BCUT2D eigenvalue weighted by molar-refractivity contribution is 0.669. The van der Waals surface area contributed by atoms with E-state index in [4.69, 9.17) is 0 Å². The van der Waals surface area contributed by atoms with Crippen LogP contribution in [-0.2, 0) is 5.75 Å². The molecule has 116 valence electrons. The highest BCUT2D eigenvalue weighted by molar-refractivity contribution is 7.98. The summed E-state index contributed by atoms with van der Waals surface area (Å²) in [7, 11) is 0. The van der Waals surface area contributed by atoms with Crippen molar-refractivity contribution in [2.75, 3.05) is 0 Å². The van der Waals surface area contributed by atoms with Gasteiger partial charge in [0, 0.05) is 29.8 Å². The predicted octanol–water partition coefficient (Wildman–Crippen LogP) is 4.28. The first kappa shape index (κ1) is 14.5. The average molecular weight is 322 g/mol. The Morgan fingerprint density at radius 3 is 2.61 bits per heavy atom. The second kappa shape index (κ2) is 6.16. The van der Waals surface area contributed by atoms with E-state index in [-0.39, 0.29) is 0 Å². The summed E-state index contributed by atoms with van der Waals surface area (Å²) in [4.78, 5) is 4.09. The minimum Gasteiger partial charge on any atom is -0.299 e. The van der Waals surface area contributed by atoms with Crippen LogP contribution in [0.4, 0.5) is 0 Å². The molecule has 5 heteroatoms. The number of rotatable bonds is 5. The number of pyridine rings is 1. The number of benzene rings is 1. The van der Waals surface area contributed by atoms with Gasteiger partial charge in [-0.3, -0.25) is 9.55 Å². The summed E-state index contributed by atoms with van der Waals surface area (Å²) < 4.78 is 2.30. The Morgan fingerprint density at radius 2 is 1.87 bits per heavy atom. The third kappa shape index (κ3) is 3.01. The molecular weight excluding hydrogens is 304 g/mol. The van der Waals surface area contributed by atoms with E-state index < -0.39 is 0 Å². The molecule has 1 aliphatic carbocycles. The summed E-state index contributed by atoms with van der Waals surface area (Å²) in [6.07, 6.45) is 6.05. The molecule has 4 nitrogen and oxygen atoms in total. The van der Waals surface area contributed by atoms with Gasteiger partial charge in [-0.2, -0.15) is 0 Å². The molecule has 23 heavy (non-hydrogen) atoms. The van der Waals surface area contributed by atoms with Gasteiger partial charge in [0.1, 0.15) is 0 Å². The second-order valence-corrected chi connectivity index (χ2v) is 6.80. The molecule has 0 N–H and O–H groups in total. The molecule has 2 heterocycles. The van der Waals surface area contributed by atoms with Gasteiger partial charge in [0.2, 0.25) is 0 Å². The van der Waals surface area contributed by atoms with Gasteiger partial charge in [0.25, 0.3) is 0 Å². The van der Waals surface area contributed by atoms with E-state index in [1.54, 1.807) is 24.2 Å². The Kier molecular flexibility index (Phi) is 3.87. The van der Waals surface area contributed by atoms with Crippen molar-refractivity contribution in [3.63, 3.8) is 0 Å². The van der Waals surface area contributed by atoms with Crippen LogP contribution in [0.15, 0.2) is 53.9 Å². The first-order valence-corrected chi connectivity index (χ1v) is 8.84. The van der Waals surface area contributed by atoms with Crippen LogP contribution in [0.1, 0.15) is 30.0 Å². The molecule has 0 bridgehead atoms. The van der Waals surface area contributed by atoms with Gasteiger partial charge >= 0.3 is 0 Å². The lowest BCUT2D eigenvalue weighted by atomic mass is 10.1. The molecule has 1 aliphatic rings. The maximum atomic E-state index is 4.45. The van der Waals surface area contributed by atoms with Crippen LogP contribution in [0.5, 0.6) is 0 Å². The van der Waals surface area contributed by atoms with Crippen molar-refractivity contribution < 1.29 is 0 Å². The minimum absolute atomic E-state index is 0.549. The van der Waals surface area contributed by atoms with Gasteiger partial charge in [-0.1, -0.05) is 36.0 Å². The molecule has 0 spiro atoms. The number of aromatic nitrogens is 4. The molecule has 0 unspecified atom stereocenters. The van der Waals surface area contributed by atoms with Crippen LogP contribution in [0.3, 0.4) is 0 Å². The van der Waals surface area contributed by atoms with Crippen molar-refractivity contribution in [1.29, 1.82) is 0 Å². The fraction of sp³-hybridized carbons (Fsp3) is 0.278. The Balaban J connectivity index is 1.62. The standard InChI is InChI=1S/C18H18N4S/c1-13-4-2-3-5-15(13)12-23-18-21-20-17(22(18)16-6-7-16)14-8-10-19-11-9-14/h2-5,8-11,16H,6-7,12H2,1H3. The lowest BCUT2D eigenvalue weighted by Gasteiger charge is -2.09. The number of hydrogen-bond donors (Lipinski definition) is 0. The highest BCUT2D eigenvalue weighted by Crippen LogP contribution is 2.41. The number of thioether (sulfide) groups is 1. The fourth-order valence-corrected chi connectivity index (χ4v) is 3.73. The van der Waals surface area contributed by atoms with Gasteiger partial charge < -0.3 is 0 Å². The molecular formula is C18H18N4S. The van der Waals surface area contributed by atoms with Crippen LogP contribution in [-0.4, -0.2) is 19.7 Å². The van der Waals surface area contributed by atoms with Crippen LogP contribution in [0, 0.1) is 6.92 Å². The molecule has 1 saturated carbocycles. The Labute approximate surface area is 140 Å². The van der Waals surface area contributed by atoms with E-state index in [0.717, 1.165) is 22.3 Å². The Bertz CT molecular complexity index is 809. The third-order valence-corrected chi connectivity index (χ3v) is 5.12. The monoisotopic (exact) mass is 322 g/mol. The summed E-state index contributed by atoms with van der Waals surface area (Å²) in [6.45, 7) is 2.16. The Hall–Kier alpha value is -2.14. The fourth-order valence-electron chi connectivity index (χ4n) is 2.65. The van der Waals surface area contributed by atoms with Crippen molar-refractivity contribution in [3.8, 4) is 11.4 Å². The molecule has 0 saturated heterocycles. The molecule has 2 aromatic heterocycles. The van der Waals surface area contributed by atoms with Crippen molar-refractivity contribution in [2.24, 2.45) is 0 Å². The first-order valence-electron chi connectivity index (χ1n) is 7.85. The van der Waals surface area contributed by atoms with Gasteiger partial charge in [0.15, 0.2) is 11.0 Å². The van der Waals surface area contributed by atoms with E-state index in [0.29, 0.717) is 6.04 Å². The van der Waals surface area contributed by atoms with Crippen molar-refractivity contribution in [2.45, 2.75) is 36.7 Å². The topological polar surface area (TPSA) is 43.6 Å². The van der Waals surface area contributed by atoms with Gasteiger partial charge in [-0.25, -0.2) is 0 Å². The zero-order valence-electron chi connectivity index (χ0n) is 13.0. The molecule has 1 fully saturated rings. The van der Waals surface area contributed by atoms with E-state index >= 15 is 0 Å². The maximum Gasteiger partial charge on any atom is 0.192 e. The second-order valence-electron chi connectivity index (χ2n) is 5.86. The summed E-state index contributed by atoms with van der Waals surface area (Å²) >= 11 is 1.77. The number of nitrogens with zero attached hydrogens (tertiary/aromatic N) is 4. The summed E-state index contributed by atoms with van der Waals surface area (Å²) in [5.74, 6) is 1.88. The lowest BCUT2D eigenvalue weighted by Crippen LogP contribution is -2.00. The summed E-state index contributed by atoms with van der Waals surface area (Å²) in [6, 6.07) is 13.1. The quantitative estimate of drug-likeness (QED) is 0.658. The predicted molar refractivity (Wildman–Crippen MR) is 92.3 cm³/mol. The molecule has 1 aromatic carbocycles. The van der Waals surface area contributed by atoms with E-state index in [9.17, 15) is 0 Å². The number of hydrogen-bond acceptors (Lipinski definition) is 4. The summed E-state index contributed by atoms with van der Waals surface area (Å²) in [5, 5.41) is 9.92. The normalized spacial score (nSPS) is 14.1. The van der Waals surface area contributed by atoms with Gasteiger partial charge in [0.05, 0.1) is 0 Å². The largest absolute Gasteiger partial charge is 0.299 e. The Morgan fingerprint density at radius 1 is 1.09 bits per heavy atom. The SMILES string of the molecule is Cc1ccccc1CSc1nnc(-c2ccncc2)n1C1CC1. The molecule has 4 rings (SSSR count). The van der Waals surface area contributed by atoms with Gasteiger partial charge in [-0.15, -0.1) is 10.2 Å². The van der Waals surface area contributed by atoms with E-state index in [1.165, 1.54) is 24.0 Å². The van der Waals surface area contributed by atoms with Crippen LogP contribution in [0.2, 0.25) is 0 Å². The smallest absolute Gasteiger partial charge is 0.192 e. The number of aryl methyl sites for hydroxylation is 1. The molecule has 0 aliphatic heterocycles. The highest BCUT2D eigenvalue weighted by Gasteiger charge is 2.30. The molecule has 0 atom stereocenters. The van der Waals surface area contributed by atoms with Crippen LogP contribution < -0.4 is 0 Å². The molecule has 3 aromatic rings. The van der Waals surface area contributed by atoms with E-state index in [1.807, 2.05) is 12.1 Å². The van der Waals surface area contributed by atoms with Gasteiger partial charge in [-0.05, 0) is 43.0 Å². The van der Waals surface area contributed by atoms with Crippen molar-refractivity contribution >= 4 is 11.8 Å². The van der Waals surface area contributed by atoms with Crippen molar-refractivity contribution in [1.82, 2.24) is 19.7 Å². The first-order chi connectivity index (χ1) is 11.3. The minimum atomic E-state index is 0.549. The van der Waals surface area contributed by atoms with Crippen LogP contribution >= 0.6 is 11.8 Å². The highest BCUT2D eigenvalue weighted by atomic mass is 32.2. The zero-order valence-corrected chi connectivity index (χ0v) is 13.8. The third-order valence-electron chi connectivity index (χ3n) is 4.13. The molecule has 0 radical (unpaired) electrons. The van der Waals surface area contributed by atoms with Crippen LogP contribution in [0.25, 0.3) is 11.4 Å². The zero-order chi connectivity index (χ0) is 15.6. The molecule has 0 amide bonds. The maximum absolute atomic E-state index is 4.45. The van der Waals surface area contributed by atoms with Crippen molar-refractivity contribution in [3.05, 3.63) is 59.9 Å².